The lowest BCUT2D eigenvalue weighted by Crippen LogP contribution is -2.29. The Bertz CT molecular complexity index is 418. The molecule has 20 heavy (non-hydrogen) atoms. The lowest BCUT2D eigenvalue weighted by atomic mass is 9.86. The van der Waals surface area contributed by atoms with E-state index >= 15 is 0 Å². The molecule has 0 saturated heterocycles. The van der Waals surface area contributed by atoms with Crippen molar-refractivity contribution in [2.24, 2.45) is 5.92 Å². The number of halogens is 2. The first kappa shape index (κ1) is 17.1. The topological polar surface area (TPSA) is 12.0 Å². The minimum absolute atomic E-state index is 0.105. The highest BCUT2D eigenvalue weighted by Crippen LogP contribution is 2.31. The van der Waals surface area contributed by atoms with E-state index in [0.717, 1.165) is 32.2 Å². The van der Waals surface area contributed by atoms with Gasteiger partial charge in [-0.25, -0.2) is 8.78 Å². The number of rotatable bonds is 8. The van der Waals surface area contributed by atoms with Gasteiger partial charge in [0.2, 0.25) is 0 Å². The van der Waals surface area contributed by atoms with E-state index in [-0.39, 0.29) is 17.7 Å². The molecule has 0 heterocycles. The summed E-state index contributed by atoms with van der Waals surface area (Å²) in [6.45, 7) is 8.62. The second-order valence-electron chi connectivity index (χ2n) is 5.47. The standard InChI is InChI=1S/C17H27F2N/c1-5-8-9-13(6-2)17(20-7-3)14-11-15(18)12(4)10-16(14)19/h10-11,13,17,20H,5-9H2,1-4H3. The minimum atomic E-state index is -0.324. The van der Waals surface area contributed by atoms with Crippen LogP contribution in [0.4, 0.5) is 8.78 Å². The lowest BCUT2D eigenvalue weighted by Gasteiger charge is -2.28. The molecular weight excluding hydrogens is 256 g/mol. The Morgan fingerprint density at radius 1 is 1.10 bits per heavy atom. The Morgan fingerprint density at radius 3 is 2.35 bits per heavy atom. The summed E-state index contributed by atoms with van der Waals surface area (Å²) < 4.78 is 28.0. The molecule has 0 radical (unpaired) electrons. The molecule has 0 aliphatic heterocycles. The third-order valence-corrected chi connectivity index (χ3v) is 3.96. The van der Waals surface area contributed by atoms with Gasteiger partial charge in [0.25, 0.3) is 0 Å². The smallest absolute Gasteiger partial charge is 0.128 e. The first-order chi connectivity index (χ1) is 9.54. The van der Waals surface area contributed by atoms with E-state index in [0.29, 0.717) is 17.0 Å². The number of hydrogen-bond donors (Lipinski definition) is 1. The predicted molar refractivity (Wildman–Crippen MR) is 80.8 cm³/mol. The van der Waals surface area contributed by atoms with Gasteiger partial charge in [0.1, 0.15) is 11.6 Å². The highest BCUT2D eigenvalue weighted by atomic mass is 19.1. The molecular formula is C17H27F2N. The van der Waals surface area contributed by atoms with Gasteiger partial charge >= 0.3 is 0 Å². The van der Waals surface area contributed by atoms with Gasteiger partial charge in [-0.3, -0.25) is 0 Å². The number of hydrogen-bond acceptors (Lipinski definition) is 1. The number of nitrogens with one attached hydrogen (secondary N) is 1. The Kier molecular flexibility index (Phi) is 7.14. The van der Waals surface area contributed by atoms with E-state index in [1.54, 1.807) is 6.92 Å². The fourth-order valence-electron chi connectivity index (χ4n) is 2.72. The molecule has 0 fully saturated rings. The van der Waals surface area contributed by atoms with Crippen LogP contribution in [-0.4, -0.2) is 6.54 Å². The molecule has 114 valence electrons. The quantitative estimate of drug-likeness (QED) is 0.696. The van der Waals surface area contributed by atoms with Gasteiger partial charge in [0.05, 0.1) is 0 Å². The van der Waals surface area contributed by atoms with Crippen LogP contribution in [0.15, 0.2) is 12.1 Å². The van der Waals surface area contributed by atoms with Crippen molar-refractivity contribution < 1.29 is 8.78 Å². The number of benzene rings is 1. The normalized spacial score (nSPS) is 14.3. The summed E-state index contributed by atoms with van der Waals surface area (Å²) in [6, 6.07) is 2.57. The van der Waals surface area contributed by atoms with Gasteiger partial charge in [-0.2, -0.15) is 0 Å². The third-order valence-electron chi connectivity index (χ3n) is 3.96. The summed E-state index contributed by atoms with van der Waals surface area (Å²) in [4.78, 5) is 0. The maximum absolute atomic E-state index is 14.2. The van der Waals surface area contributed by atoms with E-state index < -0.39 is 0 Å². The fraction of sp³-hybridized carbons (Fsp3) is 0.647. The van der Waals surface area contributed by atoms with Gasteiger partial charge in [-0.15, -0.1) is 0 Å². The van der Waals surface area contributed by atoms with E-state index in [1.807, 2.05) is 6.92 Å². The minimum Gasteiger partial charge on any atom is -0.310 e. The van der Waals surface area contributed by atoms with Crippen molar-refractivity contribution in [2.75, 3.05) is 6.54 Å². The van der Waals surface area contributed by atoms with Crippen molar-refractivity contribution in [3.05, 3.63) is 34.9 Å². The van der Waals surface area contributed by atoms with Crippen LogP contribution in [0.25, 0.3) is 0 Å². The van der Waals surface area contributed by atoms with Crippen LogP contribution in [0.2, 0.25) is 0 Å². The Labute approximate surface area is 121 Å². The van der Waals surface area contributed by atoms with E-state index in [1.165, 1.54) is 12.1 Å². The summed E-state index contributed by atoms with van der Waals surface area (Å²) in [5, 5.41) is 3.34. The largest absolute Gasteiger partial charge is 0.310 e. The molecule has 0 amide bonds. The van der Waals surface area contributed by atoms with Gasteiger partial charge in [-0.05, 0) is 43.5 Å². The Balaban J connectivity index is 3.08. The highest BCUT2D eigenvalue weighted by molar-refractivity contribution is 5.28. The number of unbranched alkanes of at least 4 members (excludes halogenated alkanes) is 1. The molecule has 0 aliphatic rings. The predicted octanol–water partition coefficient (Wildman–Crippen LogP) is 5.14. The molecule has 1 nitrogen and oxygen atoms in total. The molecule has 0 spiro atoms. The molecule has 1 aromatic rings. The molecule has 0 aromatic heterocycles. The zero-order chi connectivity index (χ0) is 15.1. The van der Waals surface area contributed by atoms with Crippen LogP contribution in [0.5, 0.6) is 0 Å². The van der Waals surface area contributed by atoms with Crippen molar-refractivity contribution >= 4 is 0 Å². The highest BCUT2D eigenvalue weighted by Gasteiger charge is 2.24. The van der Waals surface area contributed by atoms with Crippen molar-refractivity contribution in [2.45, 2.75) is 59.4 Å². The van der Waals surface area contributed by atoms with E-state index in [2.05, 4.69) is 19.2 Å². The molecule has 1 N–H and O–H groups in total. The molecule has 2 unspecified atom stereocenters. The molecule has 2 atom stereocenters. The molecule has 3 heteroatoms. The van der Waals surface area contributed by atoms with Crippen LogP contribution in [0.1, 0.15) is 63.6 Å². The SMILES string of the molecule is CCCCC(CC)C(NCC)c1cc(F)c(C)cc1F. The summed E-state index contributed by atoms with van der Waals surface area (Å²) in [5.74, 6) is -0.286. The van der Waals surface area contributed by atoms with Crippen molar-refractivity contribution in [1.29, 1.82) is 0 Å². The molecule has 0 aliphatic carbocycles. The fourth-order valence-corrected chi connectivity index (χ4v) is 2.72. The zero-order valence-electron chi connectivity index (χ0n) is 13.1. The molecule has 1 rings (SSSR count). The van der Waals surface area contributed by atoms with E-state index in [4.69, 9.17) is 0 Å². The van der Waals surface area contributed by atoms with Crippen LogP contribution in [0.3, 0.4) is 0 Å². The number of aryl methyl sites for hydroxylation is 1. The zero-order valence-corrected chi connectivity index (χ0v) is 13.1. The Hall–Kier alpha value is -0.960. The summed E-state index contributed by atoms with van der Waals surface area (Å²) in [6.07, 6.45) is 4.25. The average Bonchev–Trinajstić information content (AvgIpc) is 2.42. The van der Waals surface area contributed by atoms with Crippen LogP contribution >= 0.6 is 0 Å². The first-order valence-electron chi connectivity index (χ1n) is 7.73. The van der Waals surface area contributed by atoms with Crippen LogP contribution < -0.4 is 5.32 Å². The van der Waals surface area contributed by atoms with Crippen LogP contribution in [0, 0.1) is 24.5 Å². The van der Waals surface area contributed by atoms with Crippen molar-refractivity contribution in [3.8, 4) is 0 Å². The maximum atomic E-state index is 14.2. The Morgan fingerprint density at radius 2 is 1.80 bits per heavy atom. The van der Waals surface area contributed by atoms with E-state index in [9.17, 15) is 8.78 Å². The van der Waals surface area contributed by atoms with Crippen molar-refractivity contribution in [3.63, 3.8) is 0 Å². The summed E-state index contributed by atoms with van der Waals surface area (Å²) in [7, 11) is 0. The molecule has 0 saturated carbocycles. The third kappa shape index (κ3) is 4.27. The second-order valence-corrected chi connectivity index (χ2v) is 5.47. The average molecular weight is 283 g/mol. The monoisotopic (exact) mass is 283 g/mol. The van der Waals surface area contributed by atoms with Crippen molar-refractivity contribution in [1.82, 2.24) is 5.32 Å². The van der Waals surface area contributed by atoms with Crippen LogP contribution in [-0.2, 0) is 0 Å². The summed E-state index contributed by atoms with van der Waals surface area (Å²) >= 11 is 0. The van der Waals surface area contributed by atoms with Gasteiger partial charge in [-0.1, -0.05) is 40.0 Å². The lowest BCUT2D eigenvalue weighted by molar-refractivity contribution is 0.319. The summed E-state index contributed by atoms with van der Waals surface area (Å²) in [5.41, 5.74) is 0.834. The van der Waals surface area contributed by atoms with Gasteiger partial charge in [0, 0.05) is 11.6 Å². The second kappa shape index (κ2) is 8.35. The molecule has 0 bridgehead atoms. The molecule has 1 aromatic carbocycles. The first-order valence-corrected chi connectivity index (χ1v) is 7.73. The van der Waals surface area contributed by atoms with Gasteiger partial charge in [0.15, 0.2) is 0 Å². The van der Waals surface area contributed by atoms with Gasteiger partial charge < -0.3 is 5.32 Å². The maximum Gasteiger partial charge on any atom is 0.128 e.